The van der Waals surface area contributed by atoms with Gasteiger partial charge in [0, 0.05) is 17.8 Å². The molecule has 0 bridgehead atoms. The van der Waals surface area contributed by atoms with Crippen LogP contribution in [0.25, 0.3) is 0 Å². The van der Waals surface area contributed by atoms with Gasteiger partial charge in [-0.1, -0.05) is 18.2 Å². The number of aromatic nitrogens is 2. The summed E-state index contributed by atoms with van der Waals surface area (Å²) in [5, 5.41) is 13.6. The van der Waals surface area contributed by atoms with Crippen LogP contribution in [0.3, 0.4) is 0 Å². The lowest BCUT2D eigenvalue weighted by Gasteiger charge is -2.05. The smallest absolute Gasteiger partial charge is 0.0715 e. The lowest BCUT2D eigenvalue weighted by Crippen LogP contribution is -2.18. The molecule has 0 saturated heterocycles. The molecule has 0 spiro atoms. The lowest BCUT2D eigenvalue weighted by atomic mass is 10.1. The molecular weight excluding hydrogens is 238 g/mol. The van der Waals surface area contributed by atoms with Gasteiger partial charge in [-0.3, -0.25) is 4.68 Å². The highest BCUT2D eigenvalue weighted by atomic mass is 16.3. The molecule has 0 amide bonds. The van der Waals surface area contributed by atoms with Gasteiger partial charge < -0.3 is 10.8 Å². The Balaban J connectivity index is 1.82. The third-order valence-electron chi connectivity index (χ3n) is 3.80. The first-order valence-corrected chi connectivity index (χ1v) is 6.66. The molecule has 2 aromatic rings. The van der Waals surface area contributed by atoms with Crippen molar-refractivity contribution < 1.29 is 5.11 Å². The molecule has 4 heteroatoms. The van der Waals surface area contributed by atoms with E-state index < -0.39 is 0 Å². The van der Waals surface area contributed by atoms with Gasteiger partial charge in [0.25, 0.3) is 0 Å². The Hall–Kier alpha value is -1.65. The molecule has 0 saturated carbocycles. The fraction of sp³-hybridized carbons (Fsp3) is 0.400. The third kappa shape index (κ3) is 2.41. The van der Waals surface area contributed by atoms with E-state index in [9.17, 15) is 5.11 Å². The molecule has 3 rings (SSSR count). The highest BCUT2D eigenvalue weighted by Crippen LogP contribution is 2.22. The topological polar surface area (TPSA) is 64.1 Å². The monoisotopic (exact) mass is 257 g/mol. The molecule has 0 fully saturated rings. The third-order valence-corrected chi connectivity index (χ3v) is 3.80. The van der Waals surface area contributed by atoms with Crippen molar-refractivity contribution in [2.75, 3.05) is 0 Å². The van der Waals surface area contributed by atoms with E-state index >= 15 is 0 Å². The number of hydrogen-bond acceptors (Lipinski definition) is 3. The van der Waals surface area contributed by atoms with Crippen LogP contribution in [0.5, 0.6) is 0 Å². The molecule has 100 valence electrons. The van der Waals surface area contributed by atoms with Gasteiger partial charge in [0.05, 0.1) is 18.8 Å². The van der Waals surface area contributed by atoms with E-state index in [1.807, 2.05) is 17.8 Å². The first kappa shape index (κ1) is 12.4. The maximum Gasteiger partial charge on any atom is 0.0715 e. The minimum Gasteiger partial charge on any atom is -0.392 e. The van der Waals surface area contributed by atoms with Gasteiger partial charge in [-0.05, 0) is 36.5 Å². The Bertz CT molecular complexity index is 603. The maximum absolute atomic E-state index is 9.19. The highest BCUT2D eigenvalue weighted by Gasteiger charge is 2.18. The van der Waals surface area contributed by atoms with Crippen LogP contribution in [0, 0.1) is 6.92 Å². The number of nitrogens with two attached hydrogens (primary N) is 1. The quantitative estimate of drug-likeness (QED) is 0.867. The molecule has 0 radical (unpaired) electrons. The van der Waals surface area contributed by atoms with Crippen molar-refractivity contribution in [1.29, 1.82) is 0 Å². The summed E-state index contributed by atoms with van der Waals surface area (Å²) in [5.74, 6) is 0. The standard InChI is InChI=1S/C15H19N3O/c1-10-14(9-19)8-18(17-10)7-11-2-3-12-5-15(16)6-13(12)4-11/h2-4,8,15,19H,5-7,9,16H2,1H3/t15-/m0/s1. The molecule has 1 atom stereocenters. The van der Waals surface area contributed by atoms with Gasteiger partial charge in [0.15, 0.2) is 0 Å². The predicted molar refractivity (Wildman–Crippen MR) is 73.8 cm³/mol. The molecule has 1 heterocycles. The first-order chi connectivity index (χ1) is 9.15. The number of rotatable bonds is 3. The van der Waals surface area contributed by atoms with Crippen molar-refractivity contribution >= 4 is 0 Å². The van der Waals surface area contributed by atoms with Crippen molar-refractivity contribution in [2.45, 2.75) is 39.0 Å². The zero-order valence-electron chi connectivity index (χ0n) is 11.1. The van der Waals surface area contributed by atoms with Crippen LogP contribution in [0.2, 0.25) is 0 Å². The van der Waals surface area contributed by atoms with Crippen molar-refractivity contribution in [1.82, 2.24) is 9.78 Å². The van der Waals surface area contributed by atoms with E-state index in [2.05, 4.69) is 23.3 Å². The number of aryl methyl sites for hydroxylation is 1. The summed E-state index contributed by atoms with van der Waals surface area (Å²) in [6, 6.07) is 6.84. The maximum atomic E-state index is 9.19. The van der Waals surface area contributed by atoms with Gasteiger partial charge in [-0.25, -0.2) is 0 Å². The van der Waals surface area contributed by atoms with Gasteiger partial charge in [0.2, 0.25) is 0 Å². The molecule has 3 N–H and O–H groups in total. The van der Waals surface area contributed by atoms with E-state index in [0.29, 0.717) is 0 Å². The number of fused-ring (bicyclic) bond motifs is 1. The molecule has 1 aromatic carbocycles. The fourth-order valence-corrected chi connectivity index (χ4v) is 2.79. The summed E-state index contributed by atoms with van der Waals surface area (Å²) in [7, 11) is 0. The highest BCUT2D eigenvalue weighted by molar-refractivity contribution is 5.37. The number of aliphatic hydroxyl groups is 1. The van der Waals surface area contributed by atoms with Crippen LogP contribution in [-0.4, -0.2) is 20.9 Å². The van der Waals surface area contributed by atoms with Crippen LogP contribution in [0.1, 0.15) is 27.9 Å². The minimum absolute atomic E-state index is 0.0465. The van der Waals surface area contributed by atoms with Crippen LogP contribution in [-0.2, 0) is 26.0 Å². The molecule has 1 aliphatic rings. The number of nitrogens with zero attached hydrogens (tertiary/aromatic N) is 2. The molecule has 0 aliphatic heterocycles. The van der Waals surface area contributed by atoms with Crippen LogP contribution in [0.4, 0.5) is 0 Å². The van der Waals surface area contributed by atoms with Gasteiger partial charge in [-0.2, -0.15) is 5.10 Å². The molecular formula is C15H19N3O. The average Bonchev–Trinajstić information content (AvgIpc) is 2.90. The fourth-order valence-electron chi connectivity index (χ4n) is 2.79. The van der Waals surface area contributed by atoms with Crippen molar-refractivity contribution in [2.24, 2.45) is 5.73 Å². The van der Waals surface area contributed by atoms with Crippen LogP contribution in [0.15, 0.2) is 24.4 Å². The Morgan fingerprint density at radius 2 is 2.16 bits per heavy atom. The van der Waals surface area contributed by atoms with Gasteiger partial charge in [-0.15, -0.1) is 0 Å². The molecule has 19 heavy (non-hydrogen) atoms. The summed E-state index contributed by atoms with van der Waals surface area (Å²) >= 11 is 0. The normalized spacial score (nSPS) is 17.7. The number of hydrogen-bond donors (Lipinski definition) is 2. The zero-order chi connectivity index (χ0) is 13.4. The van der Waals surface area contributed by atoms with E-state index in [0.717, 1.165) is 30.6 Å². The minimum atomic E-state index is 0.0465. The lowest BCUT2D eigenvalue weighted by molar-refractivity contribution is 0.281. The second kappa shape index (κ2) is 4.79. The second-order valence-corrected chi connectivity index (χ2v) is 5.37. The van der Waals surface area contributed by atoms with Crippen molar-refractivity contribution in [3.63, 3.8) is 0 Å². The summed E-state index contributed by atoms with van der Waals surface area (Å²) in [5.41, 5.74) is 11.8. The van der Waals surface area contributed by atoms with Gasteiger partial charge >= 0.3 is 0 Å². The summed E-state index contributed by atoms with van der Waals surface area (Å²) in [6.07, 6.45) is 3.88. The van der Waals surface area contributed by atoms with E-state index in [1.54, 1.807) is 0 Å². The van der Waals surface area contributed by atoms with Crippen LogP contribution >= 0.6 is 0 Å². The van der Waals surface area contributed by atoms with E-state index in [1.165, 1.54) is 16.7 Å². The number of benzene rings is 1. The average molecular weight is 257 g/mol. The van der Waals surface area contributed by atoms with E-state index in [-0.39, 0.29) is 12.6 Å². The SMILES string of the molecule is Cc1nn(Cc2ccc3c(c2)C[C@@H](N)C3)cc1CO. The number of aliphatic hydroxyl groups excluding tert-OH is 1. The Kier molecular flexibility index (Phi) is 3.12. The molecule has 1 aromatic heterocycles. The van der Waals surface area contributed by atoms with Crippen LogP contribution < -0.4 is 5.73 Å². The molecule has 4 nitrogen and oxygen atoms in total. The Morgan fingerprint density at radius 1 is 1.37 bits per heavy atom. The second-order valence-electron chi connectivity index (χ2n) is 5.37. The molecule has 1 aliphatic carbocycles. The Morgan fingerprint density at radius 3 is 2.89 bits per heavy atom. The predicted octanol–water partition coefficient (Wildman–Crippen LogP) is 1.16. The molecule has 0 unspecified atom stereocenters. The summed E-state index contributed by atoms with van der Waals surface area (Å²) < 4.78 is 1.89. The Labute approximate surface area is 112 Å². The first-order valence-electron chi connectivity index (χ1n) is 6.66. The van der Waals surface area contributed by atoms with Crippen molar-refractivity contribution in [3.8, 4) is 0 Å². The van der Waals surface area contributed by atoms with Gasteiger partial charge in [0.1, 0.15) is 0 Å². The van der Waals surface area contributed by atoms with Crippen molar-refractivity contribution in [3.05, 3.63) is 52.3 Å². The van der Waals surface area contributed by atoms with E-state index in [4.69, 9.17) is 5.73 Å². The largest absolute Gasteiger partial charge is 0.392 e. The summed E-state index contributed by atoms with van der Waals surface area (Å²) in [6.45, 7) is 2.71. The summed E-state index contributed by atoms with van der Waals surface area (Å²) in [4.78, 5) is 0. The zero-order valence-corrected chi connectivity index (χ0v) is 11.1.